The van der Waals surface area contributed by atoms with Crippen molar-refractivity contribution >= 4 is 23.5 Å². The van der Waals surface area contributed by atoms with E-state index < -0.39 is 17.4 Å². The van der Waals surface area contributed by atoms with Crippen LogP contribution in [0.25, 0.3) is 0 Å². The zero-order chi connectivity index (χ0) is 20.0. The summed E-state index contributed by atoms with van der Waals surface area (Å²) < 4.78 is 28.7. The lowest BCUT2D eigenvalue weighted by Crippen LogP contribution is -2.43. The molecule has 0 aliphatic rings. The van der Waals surface area contributed by atoms with E-state index in [0.29, 0.717) is 17.1 Å². The van der Waals surface area contributed by atoms with Crippen molar-refractivity contribution in [2.75, 3.05) is 13.2 Å². The molecule has 2 rings (SSSR count). The number of benzene rings is 2. The molecule has 144 valence electrons. The summed E-state index contributed by atoms with van der Waals surface area (Å²) in [6, 6.07) is 9.96. The van der Waals surface area contributed by atoms with Crippen LogP contribution < -0.4 is 4.74 Å². The van der Waals surface area contributed by atoms with Gasteiger partial charge in [-0.05, 0) is 62.7 Å². The summed E-state index contributed by atoms with van der Waals surface area (Å²) in [5.74, 6) is -1.16. The Morgan fingerprint density at radius 1 is 1.00 bits per heavy atom. The largest absolute Gasteiger partial charge is 0.465 e. The van der Waals surface area contributed by atoms with Crippen molar-refractivity contribution in [1.29, 1.82) is 0 Å². The normalized spacial score (nSPS) is 11.0. The van der Waals surface area contributed by atoms with E-state index in [1.165, 1.54) is 43.3 Å². The Labute approximate surface area is 162 Å². The van der Waals surface area contributed by atoms with Gasteiger partial charge in [-0.3, -0.25) is 9.59 Å². The minimum atomic E-state index is -1.66. The molecule has 0 aliphatic carbocycles. The van der Waals surface area contributed by atoms with Gasteiger partial charge in [-0.2, -0.15) is 0 Å². The van der Waals surface area contributed by atoms with Crippen molar-refractivity contribution in [3.63, 3.8) is 0 Å². The maximum Gasteiger partial charge on any atom is 0.327 e. The van der Waals surface area contributed by atoms with Crippen LogP contribution in [0.15, 0.2) is 42.5 Å². The summed E-state index contributed by atoms with van der Waals surface area (Å²) in [5.41, 5.74) is -1.35. The number of halogens is 2. The average Bonchev–Trinajstić information content (AvgIpc) is 2.64. The molecule has 0 amide bonds. The lowest BCUT2D eigenvalue weighted by molar-refractivity contribution is -0.163. The first kappa shape index (κ1) is 20.7. The Kier molecular flexibility index (Phi) is 6.80. The molecule has 2 aromatic carbocycles. The van der Waals surface area contributed by atoms with Gasteiger partial charge < -0.3 is 14.2 Å². The maximum atomic E-state index is 13.0. The van der Waals surface area contributed by atoms with Gasteiger partial charge in [-0.1, -0.05) is 17.7 Å². The van der Waals surface area contributed by atoms with Crippen molar-refractivity contribution < 1.29 is 28.2 Å². The molecule has 0 saturated carbocycles. The molecule has 0 aromatic heterocycles. The lowest BCUT2D eigenvalue weighted by Gasteiger charge is -2.26. The number of esters is 2. The van der Waals surface area contributed by atoms with E-state index in [4.69, 9.17) is 25.8 Å². The molecular weight excluding hydrogens is 375 g/mol. The van der Waals surface area contributed by atoms with Crippen LogP contribution in [0.2, 0.25) is 5.02 Å². The monoisotopic (exact) mass is 394 g/mol. The molecule has 0 aliphatic heterocycles. The molecule has 2 aromatic rings. The summed E-state index contributed by atoms with van der Waals surface area (Å²) in [4.78, 5) is 24.9. The van der Waals surface area contributed by atoms with Gasteiger partial charge in [-0.25, -0.2) is 4.39 Å². The topological polar surface area (TPSA) is 61.8 Å². The van der Waals surface area contributed by atoms with Crippen molar-refractivity contribution in [3.8, 4) is 11.5 Å². The van der Waals surface area contributed by atoms with E-state index in [1.54, 1.807) is 19.9 Å². The maximum absolute atomic E-state index is 13.0. The van der Waals surface area contributed by atoms with Gasteiger partial charge in [0.05, 0.1) is 18.2 Å². The van der Waals surface area contributed by atoms with Crippen LogP contribution in [-0.2, 0) is 24.5 Å². The van der Waals surface area contributed by atoms with E-state index >= 15 is 0 Å². The molecule has 0 spiro atoms. The molecule has 0 atom stereocenters. The number of hydrogen-bond donors (Lipinski definition) is 0. The van der Waals surface area contributed by atoms with Crippen LogP contribution in [0.1, 0.15) is 26.3 Å². The van der Waals surface area contributed by atoms with E-state index in [2.05, 4.69) is 0 Å². The van der Waals surface area contributed by atoms with Gasteiger partial charge in [-0.15, -0.1) is 0 Å². The van der Waals surface area contributed by atoms with Crippen molar-refractivity contribution in [3.05, 3.63) is 58.9 Å². The van der Waals surface area contributed by atoms with Crippen molar-refractivity contribution in [1.82, 2.24) is 0 Å². The predicted octanol–water partition coefficient (Wildman–Crippen LogP) is 4.66. The molecule has 0 N–H and O–H groups in total. The molecule has 0 saturated heterocycles. The second-order valence-corrected chi connectivity index (χ2v) is 6.17. The summed E-state index contributed by atoms with van der Waals surface area (Å²) in [6.07, 6.45) is 0. The highest BCUT2D eigenvalue weighted by atomic mass is 35.5. The first-order chi connectivity index (χ1) is 12.8. The van der Waals surface area contributed by atoms with Crippen molar-refractivity contribution in [2.45, 2.75) is 26.2 Å². The highest BCUT2D eigenvalue weighted by Crippen LogP contribution is 2.35. The second kappa shape index (κ2) is 8.86. The lowest BCUT2D eigenvalue weighted by atomic mass is 9.82. The fourth-order valence-corrected chi connectivity index (χ4v) is 2.61. The van der Waals surface area contributed by atoms with E-state index in [0.717, 1.165) is 0 Å². The summed E-state index contributed by atoms with van der Waals surface area (Å²) in [7, 11) is 0. The zero-order valence-electron chi connectivity index (χ0n) is 15.3. The minimum Gasteiger partial charge on any atom is -0.465 e. The van der Waals surface area contributed by atoms with E-state index in [-0.39, 0.29) is 24.1 Å². The van der Waals surface area contributed by atoms with Gasteiger partial charge in [0.15, 0.2) is 5.41 Å². The number of carbonyl (C=O) groups is 2. The van der Waals surface area contributed by atoms with Crippen LogP contribution in [0.4, 0.5) is 4.39 Å². The van der Waals surface area contributed by atoms with Gasteiger partial charge in [0.25, 0.3) is 0 Å². The first-order valence-corrected chi connectivity index (χ1v) is 8.78. The molecule has 27 heavy (non-hydrogen) atoms. The Bertz CT molecular complexity index is 802. The SMILES string of the molecule is CCOC(=O)C(C)(C(=O)OCC)c1ccc(Oc2ccc(F)cc2)c(Cl)c1. The van der Waals surface area contributed by atoms with Crippen molar-refractivity contribution in [2.24, 2.45) is 0 Å². The summed E-state index contributed by atoms with van der Waals surface area (Å²) >= 11 is 6.28. The molecule has 0 fully saturated rings. The smallest absolute Gasteiger partial charge is 0.327 e. The van der Waals surface area contributed by atoms with Crippen LogP contribution >= 0.6 is 11.6 Å². The number of hydrogen-bond acceptors (Lipinski definition) is 5. The van der Waals surface area contributed by atoms with E-state index in [1.807, 2.05) is 0 Å². The van der Waals surface area contributed by atoms with Crippen LogP contribution in [0.3, 0.4) is 0 Å². The van der Waals surface area contributed by atoms with Gasteiger partial charge in [0.2, 0.25) is 0 Å². The van der Waals surface area contributed by atoms with Gasteiger partial charge in [0, 0.05) is 0 Å². The number of carbonyl (C=O) groups excluding carboxylic acids is 2. The molecular formula is C20H20ClFO5. The standard InChI is InChI=1S/C20H20ClFO5/c1-4-25-18(23)20(3,19(24)26-5-2)13-6-11-17(16(21)12-13)27-15-9-7-14(22)8-10-15/h6-12H,4-5H2,1-3H3. The third kappa shape index (κ3) is 4.57. The minimum absolute atomic E-state index is 0.118. The fraction of sp³-hybridized carbons (Fsp3) is 0.300. The molecule has 0 radical (unpaired) electrons. The Balaban J connectivity index is 2.37. The Morgan fingerprint density at radius 2 is 1.56 bits per heavy atom. The predicted molar refractivity (Wildman–Crippen MR) is 98.5 cm³/mol. The third-order valence-electron chi connectivity index (χ3n) is 3.92. The van der Waals surface area contributed by atoms with Crippen LogP contribution in [-0.4, -0.2) is 25.2 Å². The van der Waals surface area contributed by atoms with Crippen LogP contribution in [0, 0.1) is 5.82 Å². The number of ether oxygens (including phenoxy) is 3. The Hall–Kier alpha value is -2.60. The average molecular weight is 395 g/mol. The van der Waals surface area contributed by atoms with Gasteiger partial charge in [0.1, 0.15) is 17.3 Å². The molecule has 0 bridgehead atoms. The highest BCUT2D eigenvalue weighted by Gasteiger charge is 2.46. The molecule has 0 unspecified atom stereocenters. The zero-order valence-corrected chi connectivity index (χ0v) is 16.0. The number of rotatable bonds is 7. The first-order valence-electron chi connectivity index (χ1n) is 8.40. The third-order valence-corrected chi connectivity index (χ3v) is 4.21. The summed E-state index contributed by atoms with van der Waals surface area (Å²) in [5, 5.41) is 0.177. The van der Waals surface area contributed by atoms with E-state index in [9.17, 15) is 14.0 Å². The van der Waals surface area contributed by atoms with Crippen LogP contribution in [0.5, 0.6) is 11.5 Å². The highest BCUT2D eigenvalue weighted by molar-refractivity contribution is 6.32. The second-order valence-electron chi connectivity index (χ2n) is 5.77. The molecule has 5 nitrogen and oxygen atoms in total. The van der Waals surface area contributed by atoms with Gasteiger partial charge >= 0.3 is 11.9 Å². The Morgan fingerprint density at radius 3 is 2.04 bits per heavy atom. The molecule has 0 heterocycles. The quantitative estimate of drug-likeness (QED) is 0.505. The fourth-order valence-electron chi connectivity index (χ4n) is 2.39. The molecule has 7 heteroatoms. The summed E-state index contributed by atoms with van der Waals surface area (Å²) in [6.45, 7) is 4.96.